The maximum atomic E-state index is 11.9. The van der Waals surface area contributed by atoms with Crippen molar-refractivity contribution in [2.24, 2.45) is 17.8 Å². The van der Waals surface area contributed by atoms with Gasteiger partial charge in [-0.3, -0.25) is 14.4 Å². The number of carbonyl (C=O) groups excluding carboxylic acids is 2. The Morgan fingerprint density at radius 3 is 2.32 bits per heavy atom. The molecule has 0 aromatic carbocycles. The van der Waals surface area contributed by atoms with E-state index in [0.717, 1.165) is 0 Å². The van der Waals surface area contributed by atoms with Crippen LogP contribution < -0.4 is 10.6 Å². The molecule has 6 heteroatoms. The summed E-state index contributed by atoms with van der Waals surface area (Å²) in [7, 11) is 0. The van der Waals surface area contributed by atoms with Gasteiger partial charge in [0.25, 0.3) is 0 Å². The van der Waals surface area contributed by atoms with Crippen LogP contribution in [0.3, 0.4) is 0 Å². The quantitative estimate of drug-likeness (QED) is 0.672. The second kappa shape index (κ2) is 6.54. The number of aliphatic carboxylic acids is 1. The molecule has 19 heavy (non-hydrogen) atoms. The number of hydrogen-bond donors (Lipinski definition) is 3. The number of carboxylic acid groups (broad SMARTS) is 1. The fourth-order valence-electron chi connectivity index (χ4n) is 2.53. The van der Waals surface area contributed by atoms with Gasteiger partial charge in [-0.15, -0.1) is 0 Å². The van der Waals surface area contributed by atoms with E-state index in [1.54, 1.807) is 0 Å². The Morgan fingerprint density at radius 1 is 1.21 bits per heavy atom. The zero-order valence-corrected chi connectivity index (χ0v) is 11.6. The molecule has 0 spiro atoms. The van der Waals surface area contributed by atoms with E-state index in [-0.39, 0.29) is 30.3 Å². The minimum absolute atomic E-state index is 0.0164. The maximum Gasteiger partial charge on any atom is 0.307 e. The molecule has 1 rings (SSSR count). The van der Waals surface area contributed by atoms with Crippen LogP contribution in [0, 0.1) is 17.8 Å². The number of carbonyl (C=O) groups is 3. The lowest BCUT2D eigenvalue weighted by molar-refractivity contribution is -0.146. The molecule has 0 radical (unpaired) electrons. The van der Waals surface area contributed by atoms with Crippen LogP contribution >= 0.6 is 0 Å². The molecule has 1 aliphatic carbocycles. The fraction of sp³-hybridized carbons (Fsp3) is 0.769. The summed E-state index contributed by atoms with van der Waals surface area (Å²) in [5, 5.41) is 14.3. The highest BCUT2D eigenvalue weighted by Gasteiger charge is 2.41. The Labute approximate surface area is 112 Å². The minimum Gasteiger partial charge on any atom is -0.481 e. The monoisotopic (exact) mass is 270 g/mol. The highest BCUT2D eigenvalue weighted by molar-refractivity contribution is 5.88. The van der Waals surface area contributed by atoms with Crippen molar-refractivity contribution in [1.29, 1.82) is 0 Å². The minimum atomic E-state index is -0.934. The van der Waals surface area contributed by atoms with Crippen LogP contribution in [0.15, 0.2) is 0 Å². The highest BCUT2D eigenvalue weighted by Crippen LogP contribution is 2.36. The molecule has 1 fully saturated rings. The van der Waals surface area contributed by atoms with Gasteiger partial charge >= 0.3 is 5.97 Å². The fourth-order valence-corrected chi connectivity index (χ4v) is 2.53. The largest absolute Gasteiger partial charge is 0.481 e. The molecule has 3 unspecified atom stereocenters. The Bertz CT molecular complexity index is 368. The van der Waals surface area contributed by atoms with E-state index in [0.29, 0.717) is 12.8 Å². The highest BCUT2D eigenvalue weighted by atomic mass is 16.4. The molecule has 0 saturated heterocycles. The van der Waals surface area contributed by atoms with E-state index in [2.05, 4.69) is 10.6 Å². The van der Waals surface area contributed by atoms with Gasteiger partial charge in [-0.25, -0.2) is 0 Å². The van der Waals surface area contributed by atoms with Crippen LogP contribution in [0.1, 0.15) is 33.6 Å². The third-order valence-electron chi connectivity index (χ3n) is 3.33. The van der Waals surface area contributed by atoms with E-state index < -0.39 is 17.8 Å². The van der Waals surface area contributed by atoms with Crippen molar-refractivity contribution in [3.63, 3.8) is 0 Å². The first kappa shape index (κ1) is 15.5. The van der Waals surface area contributed by atoms with Crippen LogP contribution in [0.2, 0.25) is 0 Å². The second-order valence-corrected chi connectivity index (χ2v) is 5.57. The van der Waals surface area contributed by atoms with Gasteiger partial charge in [0, 0.05) is 6.04 Å². The summed E-state index contributed by atoms with van der Waals surface area (Å²) in [6.07, 6.45) is 1.08. The summed E-state index contributed by atoms with van der Waals surface area (Å²) in [6.45, 7) is 5.50. The average Bonchev–Trinajstić information content (AvgIpc) is 2.67. The van der Waals surface area contributed by atoms with Crippen LogP contribution in [-0.2, 0) is 14.4 Å². The smallest absolute Gasteiger partial charge is 0.307 e. The number of rotatable bonds is 5. The predicted molar refractivity (Wildman–Crippen MR) is 69.3 cm³/mol. The molecule has 6 nitrogen and oxygen atoms in total. The zero-order valence-electron chi connectivity index (χ0n) is 11.6. The molecular formula is C13H22N2O4. The standard InChI is InChI=1S/C13H22N2O4/c1-7(2)15-11(16)6-14-12(17)9-4-8(3)5-10(9)13(18)19/h7-10H,4-6H2,1-3H3,(H,14,17)(H,15,16)(H,18,19). The number of hydrogen-bond acceptors (Lipinski definition) is 3. The molecule has 2 amide bonds. The lowest BCUT2D eigenvalue weighted by Crippen LogP contribution is -2.43. The first-order valence-electron chi connectivity index (χ1n) is 6.61. The third kappa shape index (κ3) is 4.54. The zero-order chi connectivity index (χ0) is 14.6. The Hall–Kier alpha value is -1.59. The van der Waals surface area contributed by atoms with Crippen molar-refractivity contribution in [3.8, 4) is 0 Å². The van der Waals surface area contributed by atoms with Crippen molar-refractivity contribution >= 4 is 17.8 Å². The summed E-state index contributed by atoms with van der Waals surface area (Å²) in [5.41, 5.74) is 0. The molecule has 3 atom stereocenters. The normalized spacial score (nSPS) is 26.2. The summed E-state index contributed by atoms with van der Waals surface area (Å²) in [6, 6.07) is 0.0164. The topological polar surface area (TPSA) is 95.5 Å². The number of nitrogens with one attached hydrogen (secondary N) is 2. The van der Waals surface area contributed by atoms with Gasteiger partial charge in [0.2, 0.25) is 11.8 Å². The SMILES string of the molecule is CC1CC(C(=O)O)C(C(=O)NCC(=O)NC(C)C)C1. The average molecular weight is 270 g/mol. The van der Waals surface area contributed by atoms with E-state index in [1.807, 2.05) is 20.8 Å². The van der Waals surface area contributed by atoms with Crippen molar-refractivity contribution in [3.05, 3.63) is 0 Å². The Kier molecular flexibility index (Phi) is 5.32. The summed E-state index contributed by atoms with van der Waals surface area (Å²) >= 11 is 0. The number of carboxylic acids is 1. The summed E-state index contributed by atoms with van der Waals surface area (Å²) in [5.74, 6) is -2.48. The molecule has 1 saturated carbocycles. The number of amides is 2. The maximum absolute atomic E-state index is 11.9. The molecule has 1 aliphatic rings. The predicted octanol–water partition coefficient (Wildman–Crippen LogP) is 0.374. The van der Waals surface area contributed by atoms with Crippen LogP contribution in [0.25, 0.3) is 0 Å². The molecule has 0 heterocycles. The van der Waals surface area contributed by atoms with Gasteiger partial charge < -0.3 is 15.7 Å². The molecular weight excluding hydrogens is 248 g/mol. The van der Waals surface area contributed by atoms with Gasteiger partial charge in [-0.2, -0.15) is 0 Å². The van der Waals surface area contributed by atoms with Gasteiger partial charge in [-0.1, -0.05) is 6.92 Å². The first-order chi connectivity index (χ1) is 8.81. The summed E-state index contributed by atoms with van der Waals surface area (Å²) in [4.78, 5) is 34.4. The third-order valence-corrected chi connectivity index (χ3v) is 3.33. The van der Waals surface area contributed by atoms with Crippen LogP contribution in [-0.4, -0.2) is 35.5 Å². The Balaban J connectivity index is 2.48. The second-order valence-electron chi connectivity index (χ2n) is 5.57. The Morgan fingerprint density at radius 2 is 1.79 bits per heavy atom. The van der Waals surface area contributed by atoms with Gasteiger partial charge in [0.05, 0.1) is 18.4 Å². The van der Waals surface area contributed by atoms with Crippen molar-refractivity contribution in [1.82, 2.24) is 10.6 Å². The van der Waals surface area contributed by atoms with Gasteiger partial charge in [-0.05, 0) is 32.6 Å². The molecule has 0 aromatic rings. The van der Waals surface area contributed by atoms with E-state index >= 15 is 0 Å². The van der Waals surface area contributed by atoms with Crippen LogP contribution in [0.4, 0.5) is 0 Å². The van der Waals surface area contributed by atoms with Crippen LogP contribution in [0.5, 0.6) is 0 Å². The lowest BCUT2D eigenvalue weighted by Gasteiger charge is -2.16. The molecule has 3 N–H and O–H groups in total. The van der Waals surface area contributed by atoms with Crippen molar-refractivity contribution in [2.45, 2.75) is 39.7 Å². The molecule has 108 valence electrons. The van der Waals surface area contributed by atoms with E-state index in [9.17, 15) is 14.4 Å². The molecule has 0 aliphatic heterocycles. The lowest BCUT2D eigenvalue weighted by atomic mass is 9.95. The van der Waals surface area contributed by atoms with Gasteiger partial charge in [0.1, 0.15) is 0 Å². The van der Waals surface area contributed by atoms with E-state index in [4.69, 9.17) is 5.11 Å². The summed E-state index contributed by atoms with van der Waals surface area (Å²) < 4.78 is 0. The first-order valence-corrected chi connectivity index (χ1v) is 6.61. The van der Waals surface area contributed by atoms with E-state index in [1.165, 1.54) is 0 Å². The van der Waals surface area contributed by atoms with Crippen molar-refractivity contribution < 1.29 is 19.5 Å². The van der Waals surface area contributed by atoms with Crippen molar-refractivity contribution in [2.75, 3.05) is 6.54 Å². The van der Waals surface area contributed by atoms with Gasteiger partial charge in [0.15, 0.2) is 0 Å². The molecule has 0 bridgehead atoms. The molecule has 0 aromatic heterocycles.